The Morgan fingerprint density at radius 1 is 0.391 bits per heavy atom. The van der Waals surface area contributed by atoms with Crippen molar-refractivity contribution in [2.24, 2.45) is 0 Å². The lowest BCUT2D eigenvalue weighted by molar-refractivity contribution is -0.110. The molecule has 10 aromatic carbocycles. The number of carbonyl (C=O) groups is 3. The Hall–Kier alpha value is -14.1. The van der Waals surface area contributed by atoms with Crippen LogP contribution in [0.3, 0.4) is 0 Å². The van der Waals surface area contributed by atoms with Crippen molar-refractivity contribution in [2.75, 3.05) is 176 Å². The minimum atomic E-state index is -0.814. The second-order valence-corrected chi connectivity index (χ2v) is 31.2. The molecular weight excluding hydrogens is 1640 g/mol. The number of nitrogens with zero attached hydrogens (tertiary/aromatic N) is 14. The summed E-state index contributed by atoms with van der Waals surface area (Å²) in [6.45, 7) is 27.6. The highest BCUT2D eigenvalue weighted by molar-refractivity contribution is 6.61. The summed E-state index contributed by atoms with van der Waals surface area (Å²) < 4.78 is 31.8. The van der Waals surface area contributed by atoms with Gasteiger partial charge in [0, 0.05) is 179 Å². The molecule has 4 aliphatic rings. The number of anilines is 10. The van der Waals surface area contributed by atoms with E-state index in [0.29, 0.717) is 35.4 Å². The third kappa shape index (κ3) is 27.5. The number of nitrogens with two attached hydrogens (primary N) is 1. The first-order valence-corrected chi connectivity index (χ1v) is 43.7. The van der Waals surface area contributed by atoms with Crippen LogP contribution in [0.15, 0.2) is 277 Å². The number of halogens is 1. The first kappa shape index (κ1) is 94.6. The zero-order valence-corrected chi connectivity index (χ0v) is 75.1. The second-order valence-electron chi connectivity index (χ2n) is 30.8. The SMILES string of the molecule is CCC(C)NNC=O.CCC(C)n1ncn(-c2ccc(N3CCN(c4ccc(O)cc4)CC3)cc2)c1=O.CCC(C)n1ncn(-c2ccc(N3CCN(c4ccc(OC)cc4)CC3)cc2)c1=O.COc1ccc(N2CCN(c3ccc(N)cc3)CC2)cc1.COc1ccc(N2CCN(c3ccc(NC(=O)Oc4ccccc4)cc3)CC2)cc1.O=C(Cl)Oc1ccccc1. The molecule has 0 bridgehead atoms. The molecule has 6 N–H and O–H groups in total. The highest BCUT2D eigenvalue weighted by Gasteiger charge is 2.24. The molecule has 0 radical (unpaired) electrons. The third-order valence-electron chi connectivity index (χ3n) is 22.7. The number of phenolic OH excluding ortho intramolecular Hbond substituents is 1. The van der Waals surface area contributed by atoms with Gasteiger partial charge in [-0.1, -0.05) is 57.2 Å². The molecule has 29 nitrogen and oxygen atoms in total. The minimum absolute atomic E-state index is 0.0906. The van der Waals surface area contributed by atoms with E-state index in [0.717, 1.165) is 175 Å². The summed E-state index contributed by atoms with van der Waals surface area (Å²) in [4.78, 5) is 76.0. The van der Waals surface area contributed by atoms with Gasteiger partial charge in [-0.3, -0.25) is 15.5 Å². The standard InChI is InChI=1S/C24H25N3O3.C23H29N5O2.C22H27N5O2.C17H21N3O.C7H5ClO2.C5H12N2O/c1-29-22-13-11-21(12-14-22)27-17-15-26(16-18-27)20-9-7-19(8-10-20)25-24(28)30-23-5-3-2-4-6-23;1-4-18(2)28-23(29)27(17-24-28)21-7-5-19(6-8-21)25-13-15-26(16-14-25)20-9-11-22(30-3)12-10-20;1-3-17(2)27-22(29)26(16-23-27)20-6-4-18(5-7-20)24-12-14-25(15-13-24)19-8-10-21(28)11-9-19;1-21-17-8-6-16(7-9-17)20-12-10-19(11-13-20)15-4-2-14(18)3-5-15;8-7(9)10-6-4-2-1-3-5-6;1-3-5(2)7-6-4-8/h2-14H,15-18H2,1H3,(H,25,28);5-12,17-18H,4,13-16H2,1-3H3;4-11,16-17,28H,3,12-15H2,1-2H3;2-9H,10-13,18H2,1H3;1-5H;4-5,7H,3H2,1-2H3,(H,6,8). The van der Waals surface area contributed by atoms with E-state index in [9.17, 15) is 29.1 Å². The van der Waals surface area contributed by atoms with Crippen molar-refractivity contribution < 1.29 is 43.2 Å². The lowest BCUT2D eigenvalue weighted by Gasteiger charge is -2.37. The number of piperazine rings is 4. The highest BCUT2D eigenvalue weighted by Crippen LogP contribution is 2.30. The van der Waals surface area contributed by atoms with Crippen LogP contribution in [0.1, 0.15) is 72.9 Å². The van der Waals surface area contributed by atoms with Gasteiger partial charge in [-0.2, -0.15) is 10.2 Å². The summed E-state index contributed by atoms with van der Waals surface area (Å²) in [5, 5.41) is 20.7. The number of hydrogen-bond donors (Lipinski definition) is 5. The number of methoxy groups -OCH3 is 3. The maximum absolute atomic E-state index is 12.6. The van der Waals surface area contributed by atoms with Crippen LogP contribution in [0.25, 0.3) is 11.4 Å². The van der Waals surface area contributed by atoms with Crippen molar-refractivity contribution in [1.29, 1.82) is 0 Å². The van der Waals surface area contributed by atoms with Crippen molar-refractivity contribution in [3.05, 3.63) is 288 Å². The number of nitrogen functional groups attached to an aromatic ring is 1. The van der Waals surface area contributed by atoms with E-state index in [1.807, 2.05) is 168 Å². The predicted octanol–water partition coefficient (Wildman–Crippen LogP) is 16.1. The van der Waals surface area contributed by atoms with Gasteiger partial charge in [0.05, 0.1) is 44.8 Å². The predicted molar refractivity (Wildman–Crippen MR) is 514 cm³/mol. The van der Waals surface area contributed by atoms with Gasteiger partial charge in [0.2, 0.25) is 6.41 Å². The number of benzene rings is 10. The molecular formula is C98H119ClN18O11. The van der Waals surface area contributed by atoms with Crippen molar-refractivity contribution in [3.8, 4) is 45.9 Å². The van der Waals surface area contributed by atoms with E-state index < -0.39 is 11.5 Å². The zero-order valence-electron chi connectivity index (χ0n) is 74.4. The Labute approximate surface area is 754 Å². The fourth-order valence-electron chi connectivity index (χ4n) is 14.6. The molecule has 3 unspecified atom stereocenters. The molecule has 30 heteroatoms. The monoisotopic (exact) mass is 1760 g/mol. The van der Waals surface area contributed by atoms with Crippen LogP contribution in [0.5, 0.6) is 34.5 Å². The average molecular weight is 1760 g/mol. The number of hydrazine groups is 1. The van der Waals surface area contributed by atoms with Gasteiger partial charge in [-0.05, 0) is 258 Å². The first-order valence-electron chi connectivity index (χ1n) is 43.3. The van der Waals surface area contributed by atoms with Gasteiger partial charge in [0.25, 0.3) is 0 Å². The Morgan fingerprint density at radius 2 is 0.664 bits per heavy atom. The van der Waals surface area contributed by atoms with Gasteiger partial charge in [0.1, 0.15) is 47.2 Å². The molecule has 2 amide bonds. The summed E-state index contributed by atoms with van der Waals surface area (Å²) >= 11 is 4.95. The first-order chi connectivity index (χ1) is 62.2. The molecule has 0 aliphatic carbocycles. The normalized spacial score (nSPS) is 14.3. The molecule has 0 saturated carbocycles. The number of aromatic nitrogens is 6. The summed E-state index contributed by atoms with van der Waals surface area (Å²) in [6, 6.07) is 82.5. The topological polar surface area (TPSA) is 285 Å². The Morgan fingerprint density at radius 3 is 0.945 bits per heavy atom. The van der Waals surface area contributed by atoms with Crippen molar-refractivity contribution in [1.82, 2.24) is 39.5 Å². The van der Waals surface area contributed by atoms with Crippen LogP contribution < -0.4 is 96.2 Å². The van der Waals surface area contributed by atoms with Crippen LogP contribution in [0.4, 0.5) is 66.5 Å². The Kier molecular flexibility index (Phi) is 35.8. The summed E-state index contributed by atoms with van der Waals surface area (Å²) in [7, 11) is 5.06. The quantitative estimate of drug-likeness (QED) is 0.0163. The van der Waals surface area contributed by atoms with Crippen molar-refractivity contribution in [2.45, 2.75) is 78.9 Å². The van der Waals surface area contributed by atoms with Crippen LogP contribution in [0.2, 0.25) is 0 Å². The van der Waals surface area contributed by atoms with E-state index in [1.54, 1.807) is 96.3 Å². The molecule has 6 heterocycles. The van der Waals surface area contributed by atoms with E-state index in [4.69, 9.17) is 36.3 Å². The van der Waals surface area contributed by atoms with Crippen LogP contribution in [0, 0.1) is 0 Å². The number of ether oxygens (including phenoxy) is 5. The number of phenols is 1. The molecule has 0 spiro atoms. The number of para-hydroxylation sites is 2. The van der Waals surface area contributed by atoms with Gasteiger partial charge < -0.3 is 73.7 Å². The highest BCUT2D eigenvalue weighted by atomic mass is 35.5. The number of amides is 2. The van der Waals surface area contributed by atoms with E-state index >= 15 is 0 Å². The van der Waals surface area contributed by atoms with Crippen molar-refractivity contribution in [3.63, 3.8) is 0 Å². The molecule has 4 fully saturated rings. The van der Waals surface area contributed by atoms with E-state index in [2.05, 4.69) is 150 Å². The number of hydrogen-bond acceptors (Lipinski definition) is 23. The zero-order chi connectivity index (χ0) is 90.7. The molecule has 2 aromatic heterocycles. The van der Waals surface area contributed by atoms with Gasteiger partial charge >= 0.3 is 22.9 Å². The smallest absolute Gasteiger partial charge is 0.417 e. The van der Waals surface area contributed by atoms with Gasteiger partial charge in [-0.15, -0.1) is 0 Å². The molecule has 16 rings (SSSR count). The molecule has 4 aliphatic heterocycles. The second kappa shape index (κ2) is 48.4. The molecule has 674 valence electrons. The lowest BCUT2D eigenvalue weighted by Crippen LogP contribution is -2.46. The van der Waals surface area contributed by atoms with Crippen LogP contribution in [-0.2, 0) is 4.79 Å². The summed E-state index contributed by atoms with van der Waals surface area (Å²) in [6.07, 6.45) is 6.09. The third-order valence-corrected chi connectivity index (χ3v) is 22.7. The summed E-state index contributed by atoms with van der Waals surface area (Å²) in [5.74, 6) is 3.93. The largest absolute Gasteiger partial charge is 0.508 e. The summed E-state index contributed by atoms with van der Waals surface area (Å²) in [5.41, 5.74) is 22.6. The Balaban J connectivity index is 0.000000156. The molecule has 3 atom stereocenters. The Bertz CT molecular complexity index is 5420. The van der Waals surface area contributed by atoms with E-state index in [1.165, 1.54) is 33.1 Å². The lowest BCUT2D eigenvalue weighted by atomic mass is 10.2. The average Bonchev–Trinajstić information content (AvgIpc) is 1.69. The molecule has 4 saturated heterocycles. The number of aromatic hydroxyl groups is 1. The van der Waals surface area contributed by atoms with Crippen LogP contribution >= 0.6 is 11.6 Å². The van der Waals surface area contributed by atoms with E-state index in [-0.39, 0.29) is 23.5 Å². The fraction of sp³-hybridized carbons (Fsp3) is 0.316. The maximum Gasteiger partial charge on any atom is 0.417 e. The van der Waals surface area contributed by atoms with Crippen LogP contribution in [-0.4, -0.2) is 184 Å². The number of carbonyl (C=O) groups excluding carboxylic acids is 3. The number of rotatable bonds is 24. The maximum atomic E-state index is 12.6. The number of nitrogens with one attached hydrogen (secondary N) is 3. The fourth-order valence-corrected chi connectivity index (χ4v) is 14.6. The van der Waals surface area contributed by atoms with Gasteiger partial charge in [0.15, 0.2) is 0 Å². The minimum Gasteiger partial charge on any atom is -0.508 e. The van der Waals surface area contributed by atoms with Crippen molar-refractivity contribution >= 4 is 86.4 Å². The van der Waals surface area contributed by atoms with Gasteiger partial charge in [-0.25, -0.2) is 43.1 Å². The molecule has 12 aromatic rings. The molecule has 128 heavy (non-hydrogen) atoms.